The zero-order valence-corrected chi connectivity index (χ0v) is 18.5. The monoisotopic (exact) mass is 476 g/mol. The van der Waals surface area contributed by atoms with Crippen molar-refractivity contribution in [2.24, 2.45) is 4.99 Å². The lowest BCUT2D eigenvalue weighted by Crippen LogP contribution is -2.44. The van der Waals surface area contributed by atoms with E-state index in [1.807, 2.05) is 13.0 Å². The Labute approximate surface area is 174 Å². The summed E-state index contributed by atoms with van der Waals surface area (Å²) in [6.45, 7) is 14.0. The van der Waals surface area contributed by atoms with Crippen LogP contribution in [-0.2, 0) is 11.3 Å². The minimum atomic E-state index is 0. The average Bonchev–Trinajstić information content (AvgIpc) is 2.63. The summed E-state index contributed by atoms with van der Waals surface area (Å²) in [6, 6.07) is 6.26. The Bertz CT molecular complexity index is 548. The fourth-order valence-corrected chi connectivity index (χ4v) is 2.80. The molecule has 2 rings (SSSR count). The van der Waals surface area contributed by atoms with Crippen LogP contribution in [0.2, 0.25) is 0 Å². The molecule has 1 saturated heterocycles. The Balaban J connectivity index is 0.00000338. The van der Waals surface area contributed by atoms with E-state index in [2.05, 4.69) is 41.5 Å². The largest absolute Gasteiger partial charge is 0.494 e. The van der Waals surface area contributed by atoms with Gasteiger partial charge in [0.25, 0.3) is 0 Å². The Morgan fingerprint density at radius 1 is 1.23 bits per heavy atom. The molecule has 0 unspecified atom stereocenters. The molecule has 0 saturated carbocycles. The van der Waals surface area contributed by atoms with Gasteiger partial charge in [-0.1, -0.05) is 12.1 Å². The Morgan fingerprint density at radius 3 is 2.65 bits per heavy atom. The van der Waals surface area contributed by atoms with Gasteiger partial charge in [-0.05, 0) is 38.0 Å². The lowest BCUT2D eigenvalue weighted by molar-refractivity contribution is 0.0389. The molecule has 0 amide bonds. The van der Waals surface area contributed by atoms with E-state index < -0.39 is 0 Å². The Hall–Kier alpha value is -1.06. The Kier molecular flexibility index (Phi) is 11.6. The van der Waals surface area contributed by atoms with E-state index >= 15 is 0 Å². The summed E-state index contributed by atoms with van der Waals surface area (Å²) in [5, 5.41) is 6.72. The van der Waals surface area contributed by atoms with Gasteiger partial charge < -0.3 is 20.1 Å². The average molecular weight is 476 g/mol. The smallest absolute Gasteiger partial charge is 0.191 e. The molecule has 6 nitrogen and oxygen atoms in total. The van der Waals surface area contributed by atoms with Gasteiger partial charge in [-0.3, -0.25) is 4.90 Å². The van der Waals surface area contributed by atoms with E-state index in [1.165, 1.54) is 5.56 Å². The summed E-state index contributed by atoms with van der Waals surface area (Å²) in [4.78, 5) is 7.11. The van der Waals surface area contributed by atoms with Crippen LogP contribution in [0.25, 0.3) is 0 Å². The number of ether oxygens (including phenoxy) is 2. The third kappa shape index (κ3) is 8.09. The standard InChI is InChI=1S/C19H32N4O2.HI/c1-4-20-19(21-8-9-23-10-12-24-13-11-23)22-15-17-6-7-18(25-5-2)16(3)14-17;/h6-7,14H,4-5,8-13,15H2,1-3H3,(H2,20,21,22);1H. The molecule has 0 aliphatic carbocycles. The molecule has 1 aliphatic rings. The van der Waals surface area contributed by atoms with Gasteiger partial charge in [-0.15, -0.1) is 24.0 Å². The van der Waals surface area contributed by atoms with Gasteiger partial charge in [0.15, 0.2) is 5.96 Å². The Morgan fingerprint density at radius 2 is 2.00 bits per heavy atom. The maximum atomic E-state index is 5.59. The van der Waals surface area contributed by atoms with Crippen molar-refractivity contribution in [1.82, 2.24) is 15.5 Å². The third-order valence-corrected chi connectivity index (χ3v) is 4.13. The maximum absolute atomic E-state index is 5.59. The SMILES string of the molecule is CCNC(=NCc1ccc(OCC)c(C)c1)NCCN1CCOCC1.I. The van der Waals surface area contributed by atoms with Gasteiger partial charge in [-0.2, -0.15) is 0 Å². The van der Waals surface area contributed by atoms with E-state index in [1.54, 1.807) is 0 Å². The second-order valence-electron chi connectivity index (χ2n) is 6.11. The predicted molar refractivity (Wildman–Crippen MR) is 118 cm³/mol. The number of guanidine groups is 1. The van der Waals surface area contributed by atoms with Crippen molar-refractivity contribution in [3.05, 3.63) is 29.3 Å². The number of halogens is 1. The predicted octanol–water partition coefficient (Wildman–Crippen LogP) is 2.40. The lowest BCUT2D eigenvalue weighted by Gasteiger charge is -2.26. The van der Waals surface area contributed by atoms with Crippen molar-refractivity contribution in [2.45, 2.75) is 27.3 Å². The summed E-state index contributed by atoms with van der Waals surface area (Å²) in [6.07, 6.45) is 0. The van der Waals surface area contributed by atoms with Crippen molar-refractivity contribution in [2.75, 3.05) is 52.5 Å². The van der Waals surface area contributed by atoms with E-state index in [4.69, 9.17) is 14.5 Å². The molecule has 0 aromatic heterocycles. The molecular weight excluding hydrogens is 443 g/mol. The van der Waals surface area contributed by atoms with Gasteiger partial charge in [-0.25, -0.2) is 4.99 Å². The number of morpholine rings is 1. The molecule has 1 aromatic carbocycles. The number of aryl methyl sites for hydroxylation is 1. The molecule has 0 bridgehead atoms. The molecule has 0 spiro atoms. The van der Waals surface area contributed by atoms with Crippen LogP contribution >= 0.6 is 24.0 Å². The molecule has 1 heterocycles. The second-order valence-corrected chi connectivity index (χ2v) is 6.11. The van der Waals surface area contributed by atoms with Gasteiger partial charge in [0, 0.05) is 32.7 Å². The van der Waals surface area contributed by atoms with E-state index in [9.17, 15) is 0 Å². The number of hydrogen-bond acceptors (Lipinski definition) is 4. The molecule has 0 radical (unpaired) electrons. The minimum Gasteiger partial charge on any atom is -0.494 e. The number of rotatable bonds is 8. The molecule has 1 fully saturated rings. The molecule has 26 heavy (non-hydrogen) atoms. The fraction of sp³-hybridized carbons (Fsp3) is 0.632. The van der Waals surface area contributed by atoms with Gasteiger partial charge >= 0.3 is 0 Å². The fourth-order valence-electron chi connectivity index (χ4n) is 2.80. The normalized spacial score (nSPS) is 15.3. The topological polar surface area (TPSA) is 58.1 Å². The molecule has 148 valence electrons. The van der Waals surface area contributed by atoms with Crippen LogP contribution in [0, 0.1) is 6.92 Å². The van der Waals surface area contributed by atoms with Gasteiger partial charge in [0.1, 0.15) is 5.75 Å². The van der Waals surface area contributed by atoms with Crippen LogP contribution in [0.1, 0.15) is 25.0 Å². The van der Waals surface area contributed by atoms with E-state index in [-0.39, 0.29) is 24.0 Å². The summed E-state index contributed by atoms with van der Waals surface area (Å²) >= 11 is 0. The van der Waals surface area contributed by atoms with Crippen molar-refractivity contribution < 1.29 is 9.47 Å². The van der Waals surface area contributed by atoms with Crippen LogP contribution in [0.4, 0.5) is 0 Å². The number of benzene rings is 1. The first-order valence-electron chi connectivity index (χ1n) is 9.27. The van der Waals surface area contributed by atoms with Crippen molar-refractivity contribution in [1.29, 1.82) is 0 Å². The maximum Gasteiger partial charge on any atom is 0.191 e. The summed E-state index contributed by atoms with van der Waals surface area (Å²) < 4.78 is 11.0. The van der Waals surface area contributed by atoms with Crippen molar-refractivity contribution >= 4 is 29.9 Å². The molecular formula is C19H33IN4O2. The highest BCUT2D eigenvalue weighted by molar-refractivity contribution is 14.0. The first-order chi connectivity index (χ1) is 12.2. The molecule has 1 aliphatic heterocycles. The minimum absolute atomic E-state index is 0. The zero-order chi connectivity index (χ0) is 17.9. The molecule has 0 atom stereocenters. The highest BCUT2D eigenvalue weighted by Gasteiger charge is 2.09. The van der Waals surface area contributed by atoms with Crippen LogP contribution < -0.4 is 15.4 Å². The van der Waals surface area contributed by atoms with E-state index in [0.717, 1.165) is 63.2 Å². The van der Waals surface area contributed by atoms with Crippen molar-refractivity contribution in [3.63, 3.8) is 0 Å². The summed E-state index contributed by atoms with van der Waals surface area (Å²) in [7, 11) is 0. The highest BCUT2D eigenvalue weighted by atomic mass is 127. The highest BCUT2D eigenvalue weighted by Crippen LogP contribution is 2.19. The number of nitrogens with one attached hydrogen (secondary N) is 2. The van der Waals surface area contributed by atoms with Crippen molar-refractivity contribution in [3.8, 4) is 5.75 Å². The first kappa shape index (κ1) is 23.0. The van der Waals surface area contributed by atoms with Crippen LogP contribution in [0.3, 0.4) is 0 Å². The van der Waals surface area contributed by atoms with Crippen LogP contribution in [0.15, 0.2) is 23.2 Å². The van der Waals surface area contributed by atoms with Crippen LogP contribution in [-0.4, -0.2) is 63.4 Å². The quantitative estimate of drug-likeness (QED) is 0.343. The van der Waals surface area contributed by atoms with Gasteiger partial charge in [0.05, 0.1) is 26.4 Å². The van der Waals surface area contributed by atoms with Gasteiger partial charge in [0.2, 0.25) is 0 Å². The second kappa shape index (κ2) is 13.2. The zero-order valence-electron chi connectivity index (χ0n) is 16.2. The van der Waals surface area contributed by atoms with Crippen LogP contribution in [0.5, 0.6) is 5.75 Å². The summed E-state index contributed by atoms with van der Waals surface area (Å²) in [5.41, 5.74) is 2.34. The summed E-state index contributed by atoms with van der Waals surface area (Å²) in [5.74, 6) is 1.81. The number of nitrogens with zero attached hydrogens (tertiary/aromatic N) is 2. The molecule has 1 aromatic rings. The number of aliphatic imine (C=N–C) groups is 1. The lowest BCUT2D eigenvalue weighted by atomic mass is 10.1. The molecule has 7 heteroatoms. The first-order valence-corrected chi connectivity index (χ1v) is 9.27. The third-order valence-electron chi connectivity index (χ3n) is 4.13. The molecule has 2 N–H and O–H groups in total. The van der Waals surface area contributed by atoms with E-state index in [0.29, 0.717) is 13.2 Å². The number of hydrogen-bond donors (Lipinski definition) is 2.